The second-order valence-corrected chi connectivity index (χ2v) is 6.10. The minimum atomic E-state index is -0.148. The van der Waals surface area contributed by atoms with Crippen LogP contribution in [0.1, 0.15) is 32.8 Å². The molecule has 1 aliphatic heterocycles. The molecular weight excluding hydrogens is 262 g/mol. The van der Waals surface area contributed by atoms with Crippen LogP contribution < -0.4 is 5.32 Å². The van der Waals surface area contributed by atoms with Gasteiger partial charge in [-0.2, -0.15) is 5.26 Å². The number of nitrogens with zero attached hydrogens (tertiary/aromatic N) is 2. The summed E-state index contributed by atoms with van der Waals surface area (Å²) in [5.41, 5.74) is 1.24. The molecule has 3 atom stereocenters. The van der Waals surface area contributed by atoms with Crippen LogP contribution in [0.3, 0.4) is 0 Å². The first-order valence-electron chi connectivity index (χ1n) is 7.56. The Morgan fingerprint density at radius 3 is 2.86 bits per heavy atom. The highest BCUT2D eigenvalue weighted by Gasteiger charge is 2.28. The Labute approximate surface area is 126 Å². The maximum atomic E-state index is 12.4. The number of nitrogens with one attached hydrogen (secondary N) is 1. The molecule has 1 fully saturated rings. The van der Waals surface area contributed by atoms with Gasteiger partial charge in [0.1, 0.15) is 0 Å². The van der Waals surface area contributed by atoms with E-state index in [0.717, 1.165) is 25.4 Å². The Balaban J connectivity index is 1.98. The Kier molecular flexibility index (Phi) is 4.98. The highest BCUT2D eigenvalue weighted by molar-refractivity contribution is 5.94. The predicted octanol–water partition coefficient (Wildman–Crippen LogP) is 2.86. The number of rotatable bonds is 3. The Hall–Kier alpha value is -1.86. The molecule has 112 valence electrons. The molecule has 0 saturated carbocycles. The Bertz CT molecular complexity index is 549. The van der Waals surface area contributed by atoms with Crippen LogP contribution in [0, 0.1) is 23.2 Å². The fourth-order valence-corrected chi connectivity index (χ4v) is 2.73. The fourth-order valence-electron chi connectivity index (χ4n) is 2.73. The van der Waals surface area contributed by atoms with Crippen LogP contribution in [0.2, 0.25) is 0 Å². The quantitative estimate of drug-likeness (QED) is 0.929. The third-order valence-corrected chi connectivity index (χ3v) is 4.55. The van der Waals surface area contributed by atoms with Crippen LogP contribution in [0.15, 0.2) is 24.3 Å². The maximum Gasteiger partial charge on any atom is 0.241 e. The van der Waals surface area contributed by atoms with Gasteiger partial charge in [-0.15, -0.1) is 0 Å². The number of carbonyl (C=O) groups is 1. The van der Waals surface area contributed by atoms with E-state index in [0.29, 0.717) is 17.2 Å². The molecule has 1 heterocycles. The maximum absolute atomic E-state index is 12.4. The molecule has 4 nitrogen and oxygen atoms in total. The molecule has 0 bridgehead atoms. The van der Waals surface area contributed by atoms with Gasteiger partial charge in [-0.05, 0) is 49.9 Å². The van der Waals surface area contributed by atoms with Crippen molar-refractivity contribution in [1.29, 1.82) is 5.26 Å². The van der Waals surface area contributed by atoms with Crippen LogP contribution in [0.4, 0.5) is 5.69 Å². The van der Waals surface area contributed by atoms with Crippen LogP contribution in [-0.2, 0) is 4.79 Å². The van der Waals surface area contributed by atoms with E-state index in [1.807, 2.05) is 13.0 Å². The second kappa shape index (κ2) is 6.73. The Morgan fingerprint density at radius 2 is 2.19 bits per heavy atom. The summed E-state index contributed by atoms with van der Waals surface area (Å²) >= 11 is 0. The Morgan fingerprint density at radius 1 is 1.43 bits per heavy atom. The lowest BCUT2D eigenvalue weighted by atomic mass is 9.88. The summed E-state index contributed by atoms with van der Waals surface area (Å²) in [6.45, 7) is 8.41. The molecule has 0 aromatic heterocycles. The molecule has 1 aliphatic rings. The monoisotopic (exact) mass is 285 g/mol. The molecule has 1 saturated heterocycles. The van der Waals surface area contributed by atoms with Crippen molar-refractivity contribution in [2.75, 3.05) is 18.4 Å². The van der Waals surface area contributed by atoms with Gasteiger partial charge in [-0.25, -0.2) is 0 Å². The zero-order valence-corrected chi connectivity index (χ0v) is 13.0. The van der Waals surface area contributed by atoms with Gasteiger partial charge in [0.15, 0.2) is 0 Å². The lowest BCUT2D eigenvalue weighted by Crippen LogP contribution is -2.48. The molecule has 2 rings (SSSR count). The van der Waals surface area contributed by atoms with Gasteiger partial charge in [0.05, 0.1) is 17.7 Å². The van der Waals surface area contributed by atoms with Crippen molar-refractivity contribution in [1.82, 2.24) is 4.90 Å². The molecule has 0 spiro atoms. The number of nitriles is 1. The average Bonchev–Trinajstić information content (AvgIpc) is 2.49. The van der Waals surface area contributed by atoms with Gasteiger partial charge in [0.25, 0.3) is 0 Å². The lowest BCUT2D eigenvalue weighted by Gasteiger charge is -2.38. The van der Waals surface area contributed by atoms with E-state index in [9.17, 15) is 4.79 Å². The summed E-state index contributed by atoms with van der Waals surface area (Å²) in [6, 6.07) is 8.96. The highest BCUT2D eigenvalue weighted by atomic mass is 16.2. The normalized spacial score (nSPS) is 24.1. The van der Waals surface area contributed by atoms with Gasteiger partial charge in [0.2, 0.25) is 5.91 Å². The second-order valence-electron chi connectivity index (χ2n) is 6.10. The van der Waals surface area contributed by atoms with Gasteiger partial charge < -0.3 is 5.32 Å². The number of piperidine rings is 1. The van der Waals surface area contributed by atoms with Crippen LogP contribution in [-0.4, -0.2) is 29.9 Å². The number of hydrogen-bond acceptors (Lipinski definition) is 3. The minimum Gasteiger partial charge on any atom is -0.325 e. The highest BCUT2D eigenvalue weighted by Crippen LogP contribution is 2.24. The van der Waals surface area contributed by atoms with Gasteiger partial charge in [-0.3, -0.25) is 9.69 Å². The van der Waals surface area contributed by atoms with Crippen molar-refractivity contribution in [3.63, 3.8) is 0 Å². The largest absolute Gasteiger partial charge is 0.325 e. The summed E-state index contributed by atoms with van der Waals surface area (Å²) in [5, 5.41) is 11.8. The van der Waals surface area contributed by atoms with Crippen molar-refractivity contribution >= 4 is 11.6 Å². The number of amides is 1. The molecule has 21 heavy (non-hydrogen) atoms. The first-order chi connectivity index (χ1) is 10.0. The van der Waals surface area contributed by atoms with Crippen molar-refractivity contribution in [3.8, 4) is 6.07 Å². The van der Waals surface area contributed by atoms with Crippen molar-refractivity contribution in [2.24, 2.45) is 11.8 Å². The van der Waals surface area contributed by atoms with Gasteiger partial charge in [-0.1, -0.05) is 19.9 Å². The summed E-state index contributed by atoms with van der Waals surface area (Å²) < 4.78 is 0. The number of carbonyl (C=O) groups excluding carboxylic acids is 1. The van der Waals surface area contributed by atoms with Crippen LogP contribution in [0.25, 0.3) is 0 Å². The minimum absolute atomic E-state index is 0.00755. The van der Waals surface area contributed by atoms with E-state index in [1.54, 1.807) is 18.2 Å². The zero-order valence-electron chi connectivity index (χ0n) is 13.0. The molecule has 4 heteroatoms. The SMILES string of the molecule is CC1CCN(C(C)C(=O)Nc2cccc(C#N)c2)CC1C. The molecule has 1 N–H and O–H groups in total. The van der Waals surface area contributed by atoms with Crippen molar-refractivity contribution in [3.05, 3.63) is 29.8 Å². The van der Waals surface area contributed by atoms with Crippen molar-refractivity contribution < 1.29 is 4.79 Å². The van der Waals surface area contributed by atoms with E-state index in [-0.39, 0.29) is 11.9 Å². The third-order valence-electron chi connectivity index (χ3n) is 4.55. The molecule has 3 unspecified atom stereocenters. The zero-order chi connectivity index (χ0) is 15.4. The number of hydrogen-bond donors (Lipinski definition) is 1. The summed E-state index contributed by atoms with van der Waals surface area (Å²) in [6.07, 6.45) is 1.14. The summed E-state index contributed by atoms with van der Waals surface area (Å²) in [4.78, 5) is 14.6. The summed E-state index contributed by atoms with van der Waals surface area (Å²) in [5.74, 6) is 1.34. The fraction of sp³-hybridized carbons (Fsp3) is 0.529. The molecule has 1 amide bonds. The summed E-state index contributed by atoms with van der Waals surface area (Å²) in [7, 11) is 0. The standard InChI is InChI=1S/C17H23N3O/c1-12-7-8-20(11-13(12)2)14(3)17(21)19-16-6-4-5-15(9-16)10-18/h4-6,9,12-14H,7-8,11H2,1-3H3,(H,19,21). The van der Waals surface area contributed by atoms with Gasteiger partial charge >= 0.3 is 0 Å². The number of anilines is 1. The van der Waals surface area contributed by atoms with E-state index >= 15 is 0 Å². The van der Waals surface area contributed by atoms with Crippen LogP contribution >= 0.6 is 0 Å². The predicted molar refractivity (Wildman–Crippen MR) is 83.8 cm³/mol. The van der Waals surface area contributed by atoms with Crippen LogP contribution in [0.5, 0.6) is 0 Å². The molecule has 0 aliphatic carbocycles. The smallest absolute Gasteiger partial charge is 0.241 e. The average molecular weight is 285 g/mol. The lowest BCUT2D eigenvalue weighted by molar-refractivity contribution is -0.121. The molecular formula is C17H23N3O. The van der Waals surface area contributed by atoms with E-state index in [1.165, 1.54) is 0 Å². The van der Waals surface area contributed by atoms with E-state index in [2.05, 4.69) is 30.1 Å². The third kappa shape index (κ3) is 3.83. The molecule has 1 aromatic rings. The topological polar surface area (TPSA) is 56.1 Å². The first-order valence-corrected chi connectivity index (χ1v) is 7.56. The first kappa shape index (κ1) is 15.5. The van der Waals surface area contributed by atoms with Crippen molar-refractivity contribution in [2.45, 2.75) is 33.2 Å². The van der Waals surface area contributed by atoms with Gasteiger partial charge in [0, 0.05) is 12.2 Å². The van der Waals surface area contributed by atoms with E-state index < -0.39 is 0 Å². The van der Waals surface area contributed by atoms with E-state index in [4.69, 9.17) is 5.26 Å². The molecule has 0 radical (unpaired) electrons. The molecule has 1 aromatic carbocycles. The number of likely N-dealkylation sites (tertiary alicyclic amines) is 1. The number of benzene rings is 1.